The Balaban J connectivity index is 2.03. The van der Waals surface area contributed by atoms with Gasteiger partial charge in [0.05, 0.1) is 12.5 Å². The average molecular weight is 275 g/mol. The number of rotatable bonds is 3. The number of ether oxygens (including phenoxy) is 1. The van der Waals surface area contributed by atoms with Crippen LogP contribution in [0.3, 0.4) is 0 Å². The van der Waals surface area contributed by atoms with E-state index in [9.17, 15) is 18.3 Å². The topological polar surface area (TPSA) is 32.7 Å². The summed E-state index contributed by atoms with van der Waals surface area (Å²) in [7, 11) is 1.57. The van der Waals surface area contributed by atoms with Crippen LogP contribution < -0.4 is 4.74 Å². The van der Waals surface area contributed by atoms with Gasteiger partial charge in [0, 0.05) is 12.1 Å². The molecule has 1 aromatic rings. The van der Waals surface area contributed by atoms with Gasteiger partial charge in [-0.3, -0.25) is 4.90 Å². The Kier molecular flexibility index (Phi) is 4.01. The number of hydrogen-bond donors (Lipinski definition) is 1. The third-order valence-electron chi connectivity index (χ3n) is 3.33. The molecule has 3 nitrogen and oxygen atoms in total. The maximum Gasteiger partial charge on any atom is 0.390 e. The summed E-state index contributed by atoms with van der Waals surface area (Å²) in [6.07, 6.45) is -5.91. The van der Waals surface area contributed by atoms with Gasteiger partial charge in [-0.1, -0.05) is 18.2 Å². The van der Waals surface area contributed by atoms with Gasteiger partial charge >= 0.3 is 6.18 Å². The molecule has 1 heterocycles. The van der Waals surface area contributed by atoms with Crippen LogP contribution in [0.4, 0.5) is 13.2 Å². The van der Waals surface area contributed by atoms with E-state index in [2.05, 4.69) is 0 Å². The van der Waals surface area contributed by atoms with E-state index >= 15 is 0 Å². The highest BCUT2D eigenvalue weighted by Gasteiger charge is 2.34. The largest absolute Gasteiger partial charge is 0.491 e. The maximum absolute atomic E-state index is 12.2. The third-order valence-corrected chi connectivity index (χ3v) is 3.33. The number of benzene rings is 1. The summed E-state index contributed by atoms with van der Waals surface area (Å²) in [5.74, 6) is 0.593. The van der Waals surface area contributed by atoms with E-state index in [1.807, 2.05) is 0 Å². The van der Waals surface area contributed by atoms with E-state index in [1.54, 1.807) is 31.3 Å². The second kappa shape index (κ2) is 5.38. The molecule has 1 aliphatic heterocycles. The lowest BCUT2D eigenvalue weighted by atomic mass is 9.98. The van der Waals surface area contributed by atoms with Crippen molar-refractivity contribution in [3.8, 4) is 5.75 Å². The first kappa shape index (κ1) is 14.1. The van der Waals surface area contributed by atoms with Gasteiger partial charge in [0.25, 0.3) is 0 Å². The van der Waals surface area contributed by atoms with Crippen LogP contribution in [0.15, 0.2) is 24.3 Å². The Labute approximate surface area is 109 Å². The van der Waals surface area contributed by atoms with Crippen LogP contribution in [-0.2, 0) is 0 Å². The quantitative estimate of drug-likeness (QED) is 0.919. The van der Waals surface area contributed by atoms with E-state index in [4.69, 9.17) is 4.74 Å². The van der Waals surface area contributed by atoms with E-state index in [-0.39, 0.29) is 13.2 Å². The van der Waals surface area contributed by atoms with Crippen LogP contribution in [0, 0.1) is 0 Å². The maximum atomic E-state index is 12.2. The molecule has 0 bridgehead atoms. The number of hydrogen-bond acceptors (Lipinski definition) is 3. The molecular formula is C13H16F3NO2. The number of alkyl halides is 3. The molecule has 6 heteroatoms. The second-order valence-electron chi connectivity index (χ2n) is 4.71. The highest BCUT2D eigenvalue weighted by Crippen LogP contribution is 2.34. The number of nitrogens with zero attached hydrogens (tertiary/aromatic N) is 1. The van der Waals surface area contributed by atoms with Crippen LogP contribution in [0.25, 0.3) is 0 Å². The van der Waals surface area contributed by atoms with E-state index in [1.165, 1.54) is 4.90 Å². The van der Waals surface area contributed by atoms with Crippen LogP contribution in [0.2, 0.25) is 0 Å². The fraction of sp³-hybridized carbons (Fsp3) is 0.538. The fourth-order valence-electron chi connectivity index (χ4n) is 2.17. The zero-order valence-electron chi connectivity index (χ0n) is 10.5. The van der Waals surface area contributed by atoms with Crippen molar-refractivity contribution in [1.29, 1.82) is 0 Å². The zero-order valence-corrected chi connectivity index (χ0v) is 10.5. The summed E-state index contributed by atoms with van der Waals surface area (Å²) in [4.78, 5) is 1.49. The number of likely N-dealkylation sites (N-methyl/N-ethyl adjacent to an activating group) is 1. The number of halogens is 3. The SMILES string of the molecule is CN(CCC(F)(F)F)C1COc2ccccc2C1O. The number of fused-ring (bicyclic) bond motifs is 1. The van der Waals surface area contributed by atoms with Gasteiger partial charge in [-0.25, -0.2) is 0 Å². The van der Waals surface area contributed by atoms with Crippen molar-refractivity contribution >= 4 is 0 Å². The molecule has 19 heavy (non-hydrogen) atoms. The summed E-state index contributed by atoms with van der Waals surface area (Å²) >= 11 is 0. The van der Waals surface area contributed by atoms with E-state index < -0.39 is 24.7 Å². The van der Waals surface area contributed by atoms with Gasteiger partial charge in [-0.05, 0) is 13.1 Å². The highest BCUT2D eigenvalue weighted by molar-refractivity contribution is 5.37. The third kappa shape index (κ3) is 3.39. The second-order valence-corrected chi connectivity index (χ2v) is 4.71. The summed E-state index contributed by atoms with van der Waals surface area (Å²) in [5, 5.41) is 10.2. The summed E-state index contributed by atoms with van der Waals surface area (Å²) < 4.78 is 42.1. The predicted molar refractivity (Wildman–Crippen MR) is 64.0 cm³/mol. The molecule has 0 saturated carbocycles. The normalized spacial score (nSPS) is 23.1. The van der Waals surface area contributed by atoms with Crippen molar-refractivity contribution in [2.45, 2.75) is 24.7 Å². The van der Waals surface area contributed by atoms with Gasteiger partial charge in [0.15, 0.2) is 0 Å². The molecule has 2 rings (SSSR count). The molecule has 1 aliphatic rings. The lowest BCUT2D eigenvalue weighted by Crippen LogP contribution is -2.44. The van der Waals surface area contributed by atoms with Crippen LogP contribution >= 0.6 is 0 Å². The Morgan fingerprint density at radius 1 is 1.37 bits per heavy atom. The van der Waals surface area contributed by atoms with E-state index in [0.717, 1.165) is 0 Å². The highest BCUT2D eigenvalue weighted by atomic mass is 19.4. The van der Waals surface area contributed by atoms with Gasteiger partial charge < -0.3 is 9.84 Å². The minimum atomic E-state index is -4.19. The standard InChI is InChI=1S/C13H16F3NO2/c1-17(7-6-13(14,15)16)10-8-19-11-5-3-2-4-9(11)12(10)18/h2-5,10,12,18H,6-8H2,1H3. The first-order valence-electron chi connectivity index (χ1n) is 6.05. The van der Waals surface area contributed by atoms with Crippen molar-refractivity contribution in [3.05, 3.63) is 29.8 Å². The molecule has 0 radical (unpaired) electrons. The average Bonchev–Trinajstić information content (AvgIpc) is 2.36. The Morgan fingerprint density at radius 3 is 2.74 bits per heavy atom. The van der Waals surface area contributed by atoms with Gasteiger partial charge in [-0.2, -0.15) is 13.2 Å². The predicted octanol–water partition coefficient (Wildman–Crippen LogP) is 2.37. The van der Waals surface area contributed by atoms with Crippen molar-refractivity contribution in [1.82, 2.24) is 4.90 Å². The molecule has 0 aliphatic carbocycles. The van der Waals surface area contributed by atoms with Crippen LogP contribution in [0.1, 0.15) is 18.1 Å². The van der Waals surface area contributed by atoms with Crippen LogP contribution in [0.5, 0.6) is 5.75 Å². The van der Waals surface area contributed by atoms with Crippen molar-refractivity contribution < 1.29 is 23.0 Å². The van der Waals surface area contributed by atoms with E-state index in [0.29, 0.717) is 11.3 Å². The van der Waals surface area contributed by atoms with Crippen molar-refractivity contribution in [2.75, 3.05) is 20.2 Å². The summed E-state index contributed by atoms with van der Waals surface area (Å²) in [6.45, 7) is 0.0310. The lowest BCUT2D eigenvalue weighted by molar-refractivity contribution is -0.140. The lowest BCUT2D eigenvalue weighted by Gasteiger charge is -2.36. The molecular weight excluding hydrogens is 259 g/mol. The molecule has 1 N–H and O–H groups in total. The molecule has 2 unspecified atom stereocenters. The smallest absolute Gasteiger partial charge is 0.390 e. The number of aliphatic hydroxyl groups excluding tert-OH is 1. The Hall–Kier alpha value is -1.27. The molecule has 0 saturated heterocycles. The zero-order chi connectivity index (χ0) is 14.0. The molecule has 2 atom stereocenters. The fourth-order valence-corrected chi connectivity index (χ4v) is 2.17. The molecule has 0 fully saturated rings. The summed E-state index contributed by atoms with van der Waals surface area (Å²) in [6, 6.07) is 6.56. The van der Waals surface area contributed by atoms with Gasteiger partial charge in [-0.15, -0.1) is 0 Å². The first-order valence-corrected chi connectivity index (χ1v) is 6.05. The number of aliphatic hydroxyl groups is 1. The first-order chi connectivity index (χ1) is 8.88. The van der Waals surface area contributed by atoms with Gasteiger partial charge in [0.1, 0.15) is 18.5 Å². The Bertz CT molecular complexity index is 436. The summed E-state index contributed by atoms with van der Waals surface area (Å²) in [5.41, 5.74) is 0.623. The minimum absolute atomic E-state index is 0.156. The molecule has 0 spiro atoms. The molecule has 1 aromatic carbocycles. The number of para-hydroxylation sites is 1. The molecule has 106 valence electrons. The monoisotopic (exact) mass is 275 g/mol. The van der Waals surface area contributed by atoms with Crippen LogP contribution in [-0.4, -0.2) is 42.4 Å². The molecule has 0 aromatic heterocycles. The van der Waals surface area contributed by atoms with Crippen molar-refractivity contribution in [3.63, 3.8) is 0 Å². The van der Waals surface area contributed by atoms with Crippen molar-refractivity contribution in [2.24, 2.45) is 0 Å². The minimum Gasteiger partial charge on any atom is -0.491 e. The van der Waals surface area contributed by atoms with Gasteiger partial charge in [0.2, 0.25) is 0 Å². The Morgan fingerprint density at radius 2 is 2.05 bits per heavy atom. The molecule has 0 amide bonds.